The van der Waals surface area contributed by atoms with Gasteiger partial charge in [0.25, 0.3) is 5.56 Å². The van der Waals surface area contributed by atoms with Gasteiger partial charge in [-0.05, 0) is 25.5 Å². The number of aromatic amines is 1. The predicted molar refractivity (Wildman–Crippen MR) is 131 cm³/mol. The Balaban J connectivity index is 1.70. The average molecular weight is 471 g/mol. The number of benzene rings is 2. The van der Waals surface area contributed by atoms with Crippen LogP contribution in [0, 0.1) is 0 Å². The van der Waals surface area contributed by atoms with Gasteiger partial charge in [0.1, 0.15) is 0 Å². The lowest BCUT2D eigenvalue weighted by Crippen LogP contribution is -2.39. The first kappa shape index (κ1) is 21.8. The zero-order chi connectivity index (χ0) is 23.7. The number of fused-ring (bicyclic) bond motifs is 1. The van der Waals surface area contributed by atoms with Gasteiger partial charge in [0.05, 0.1) is 40.3 Å². The molecule has 170 valence electrons. The lowest BCUT2D eigenvalue weighted by Gasteiger charge is -2.24. The maximum absolute atomic E-state index is 13.7. The lowest BCUT2D eigenvalue weighted by atomic mass is 9.96. The molecule has 1 aliphatic heterocycles. The number of nitrogens with one attached hydrogen (secondary N) is 1. The molecule has 1 N–H and O–H groups in total. The first-order chi connectivity index (χ1) is 16.6. The molecule has 1 aliphatic rings. The highest BCUT2D eigenvalue weighted by Gasteiger charge is 2.33. The van der Waals surface area contributed by atoms with Crippen LogP contribution < -0.4 is 14.9 Å². The van der Waals surface area contributed by atoms with E-state index in [1.54, 1.807) is 24.6 Å². The number of rotatable bonds is 5. The largest absolute Gasteiger partial charge is 0.463 e. The van der Waals surface area contributed by atoms with Crippen molar-refractivity contribution in [1.82, 2.24) is 14.8 Å². The Morgan fingerprint density at radius 3 is 2.56 bits per heavy atom. The van der Waals surface area contributed by atoms with E-state index >= 15 is 0 Å². The Morgan fingerprint density at radius 1 is 1.15 bits per heavy atom. The molecule has 2 aromatic heterocycles. The minimum absolute atomic E-state index is 0.216. The second-order valence-electron chi connectivity index (χ2n) is 7.78. The van der Waals surface area contributed by atoms with Crippen molar-refractivity contribution in [3.63, 3.8) is 0 Å². The summed E-state index contributed by atoms with van der Waals surface area (Å²) in [4.78, 5) is 31.7. The van der Waals surface area contributed by atoms with E-state index in [-0.39, 0.29) is 12.2 Å². The number of carbonyl (C=O) groups is 1. The summed E-state index contributed by atoms with van der Waals surface area (Å²) in [5.74, 6) is -0.465. The van der Waals surface area contributed by atoms with Crippen LogP contribution in [0.4, 0.5) is 0 Å². The molecule has 0 bridgehead atoms. The molecule has 34 heavy (non-hydrogen) atoms. The molecular formula is C26H22N4O3S. The van der Waals surface area contributed by atoms with Crippen LogP contribution in [0.1, 0.15) is 31.0 Å². The highest BCUT2D eigenvalue weighted by molar-refractivity contribution is 7.07. The standard InChI is InChI=1S/C26H22N4O3S/c1-3-33-25(32)21-16(2)28-26-30(23(21)18-12-8-5-9-13-18)24(31)20(34-26)14-19-15-27-29-22(19)17-10-6-4-7-11-17/h4-15,23H,3H2,1-2H3,(H,27,29)/t23-/m1/s1. The molecule has 3 heterocycles. The number of nitrogens with zero attached hydrogens (tertiary/aromatic N) is 3. The van der Waals surface area contributed by atoms with Crippen molar-refractivity contribution in [3.05, 3.63) is 109 Å². The van der Waals surface area contributed by atoms with Crippen molar-refractivity contribution in [2.75, 3.05) is 6.61 Å². The van der Waals surface area contributed by atoms with E-state index in [1.807, 2.05) is 66.7 Å². The fourth-order valence-corrected chi connectivity index (χ4v) is 5.16. The number of aromatic nitrogens is 3. The van der Waals surface area contributed by atoms with E-state index in [0.717, 1.165) is 22.4 Å². The minimum atomic E-state index is -0.614. The van der Waals surface area contributed by atoms with Crippen molar-refractivity contribution in [2.45, 2.75) is 19.9 Å². The zero-order valence-electron chi connectivity index (χ0n) is 18.7. The molecule has 0 spiro atoms. The molecule has 0 saturated carbocycles. The Morgan fingerprint density at radius 2 is 1.85 bits per heavy atom. The van der Waals surface area contributed by atoms with Crippen molar-refractivity contribution in [2.24, 2.45) is 4.99 Å². The van der Waals surface area contributed by atoms with Crippen LogP contribution >= 0.6 is 11.3 Å². The third kappa shape index (κ3) is 3.82. The summed E-state index contributed by atoms with van der Waals surface area (Å²) in [7, 11) is 0. The number of hydrogen-bond donors (Lipinski definition) is 1. The van der Waals surface area contributed by atoms with Gasteiger partial charge in [-0.25, -0.2) is 9.79 Å². The van der Waals surface area contributed by atoms with Crippen LogP contribution in [0.5, 0.6) is 0 Å². The van der Waals surface area contributed by atoms with Gasteiger partial charge in [-0.2, -0.15) is 5.10 Å². The molecule has 0 saturated heterocycles. The molecule has 0 fully saturated rings. The third-order valence-corrected chi connectivity index (χ3v) is 6.63. The Bertz CT molecular complexity index is 1560. The summed E-state index contributed by atoms with van der Waals surface area (Å²) in [5, 5.41) is 7.21. The summed E-state index contributed by atoms with van der Waals surface area (Å²) in [5.41, 5.74) is 4.13. The molecule has 0 radical (unpaired) electrons. The third-order valence-electron chi connectivity index (χ3n) is 5.65. The Labute approximate surface area is 199 Å². The van der Waals surface area contributed by atoms with Gasteiger partial charge in [0.15, 0.2) is 4.80 Å². The quantitative estimate of drug-likeness (QED) is 0.454. The summed E-state index contributed by atoms with van der Waals surface area (Å²) in [6, 6.07) is 18.7. The molecule has 0 amide bonds. The molecule has 8 heteroatoms. The van der Waals surface area contributed by atoms with Gasteiger partial charge < -0.3 is 4.74 Å². The van der Waals surface area contributed by atoms with Gasteiger partial charge in [0.2, 0.25) is 0 Å². The van der Waals surface area contributed by atoms with Crippen LogP contribution in [0.2, 0.25) is 0 Å². The highest BCUT2D eigenvalue weighted by Crippen LogP contribution is 2.30. The van der Waals surface area contributed by atoms with Crippen molar-refractivity contribution < 1.29 is 9.53 Å². The number of esters is 1. The van der Waals surface area contributed by atoms with Crippen molar-refractivity contribution in [3.8, 4) is 11.3 Å². The number of allylic oxidation sites excluding steroid dienone is 1. The van der Waals surface area contributed by atoms with E-state index in [2.05, 4.69) is 15.2 Å². The Kier molecular flexibility index (Phi) is 5.81. The molecule has 7 nitrogen and oxygen atoms in total. The summed E-state index contributed by atoms with van der Waals surface area (Å²) in [6.07, 6.45) is 3.52. The number of thiazole rings is 1. The van der Waals surface area contributed by atoms with E-state index in [9.17, 15) is 9.59 Å². The Hall–Kier alpha value is -4.04. The first-order valence-electron chi connectivity index (χ1n) is 10.9. The normalized spacial score (nSPS) is 15.7. The second kappa shape index (κ2) is 9.07. The van der Waals surface area contributed by atoms with Gasteiger partial charge in [-0.3, -0.25) is 14.5 Å². The SMILES string of the molecule is CCOC(=O)C1=C(C)N=c2sc(=Cc3cn[nH]c3-c3ccccc3)c(=O)n2[C@@H]1c1ccccc1. The van der Waals surface area contributed by atoms with Gasteiger partial charge in [-0.1, -0.05) is 72.0 Å². The smallest absolute Gasteiger partial charge is 0.338 e. The highest BCUT2D eigenvalue weighted by atomic mass is 32.1. The van der Waals surface area contributed by atoms with Crippen LogP contribution in [-0.4, -0.2) is 27.3 Å². The molecule has 5 rings (SSSR count). The van der Waals surface area contributed by atoms with Crippen LogP contribution in [-0.2, 0) is 9.53 Å². The predicted octanol–water partition coefficient (Wildman–Crippen LogP) is 3.19. The van der Waals surface area contributed by atoms with Gasteiger partial charge >= 0.3 is 5.97 Å². The summed E-state index contributed by atoms with van der Waals surface area (Å²) in [6.45, 7) is 3.78. The van der Waals surface area contributed by atoms with Crippen molar-refractivity contribution in [1.29, 1.82) is 0 Å². The van der Waals surface area contributed by atoms with Crippen LogP contribution in [0.3, 0.4) is 0 Å². The summed E-state index contributed by atoms with van der Waals surface area (Å²) >= 11 is 1.29. The molecule has 2 aromatic carbocycles. The van der Waals surface area contributed by atoms with E-state index in [0.29, 0.717) is 20.6 Å². The lowest BCUT2D eigenvalue weighted by molar-refractivity contribution is -0.139. The molecule has 0 aliphatic carbocycles. The average Bonchev–Trinajstić information content (AvgIpc) is 3.44. The van der Waals surface area contributed by atoms with E-state index in [1.165, 1.54) is 11.3 Å². The molecule has 0 unspecified atom stereocenters. The second-order valence-corrected chi connectivity index (χ2v) is 8.79. The molecule has 4 aromatic rings. The molecule has 1 atom stereocenters. The van der Waals surface area contributed by atoms with Crippen LogP contribution in [0.15, 0.2) is 87.9 Å². The maximum atomic E-state index is 13.7. The fraction of sp³-hybridized carbons (Fsp3) is 0.154. The first-order valence-corrected chi connectivity index (χ1v) is 11.7. The maximum Gasteiger partial charge on any atom is 0.338 e. The minimum Gasteiger partial charge on any atom is -0.463 e. The number of H-pyrrole nitrogens is 1. The summed E-state index contributed by atoms with van der Waals surface area (Å²) < 4.78 is 7.43. The topological polar surface area (TPSA) is 89.3 Å². The van der Waals surface area contributed by atoms with Gasteiger partial charge in [0, 0.05) is 11.1 Å². The zero-order valence-corrected chi connectivity index (χ0v) is 19.5. The van der Waals surface area contributed by atoms with Crippen LogP contribution in [0.25, 0.3) is 17.3 Å². The van der Waals surface area contributed by atoms with E-state index < -0.39 is 12.0 Å². The van der Waals surface area contributed by atoms with Gasteiger partial charge in [-0.15, -0.1) is 0 Å². The monoisotopic (exact) mass is 470 g/mol. The molecular weight excluding hydrogens is 448 g/mol. The number of ether oxygens (including phenoxy) is 1. The van der Waals surface area contributed by atoms with Crippen molar-refractivity contribution >= 4 is 23.4 Å². The number of hydrogen-bond acceptors (Lipinski definition) is 6. The number of carbonyl (C=O) groups excluding carboxylic acids is 1. The fourth-order valence-electron chi connectivity index (χ4n) is 4.12. The van der Waals surface area contributed by atoms with E-state index in [4.69, 9.17) is 4.74 Å².